The molecule has 3 nitrogen and oxygen atoms in total. The summed E-state index contributed by atoms with van der Waals surface area (Å²) < 4.78 is 5.22. The van der Waals surface area contributed by atoms with E-state index in [0.717, 1.165) is 29.3 Å². The van der Waals surface area contributed by atoms with Crippen LogP contribution in [-0.2, 0) is 0 Å². The Kier molecular flexibility index (Phi) is 5.63. The Morgan fingerprint density at radius 2 is 2.14 bits per heavy atom. The van der Waals surface area contributed by atoms with Gasteiger partial charge < -0.3 is 9.64 Å². The Bertz CT molecular complexity index is 526. The van der Waals surface area contributed by atoms with Crippen LogP contribution >= 0.6 is 0 Å². The molecule has 1 heterocycles. The number of ketones is 1. The van der Waals surface area contributed by atoms with Crippen molar-refractivity contribution in [3.63, 3.8) is 0 Å². The fourth-order valence-electron chi connectivity index (χ4n) is 3.83. The van der Waals surface area contributed by atoms with E-state index in [9.17, 15) is 4.79 Å². The monoisotopic (exact) mass is 303 g/mol. The second kappa shape index (κ2) is 7.28. The summed E-state index contributed by atoms with van der Waals surface area (Å²) >= 11 is 0. The van der Waals surface area contributed by atoms with Gasteiger partial charge in [0.1, 0.15) is 5.75 Å². The summed E-state index contributed by atoms with van der Waals surface area (Å²) in [5.74, 6) is 2.87. The lowest BCUT2D eigenvalue weighted by molar-refractivity contribution is 0.0941. The van der Waals surface area contributed by atoms with Gasteiger partial charge in [0.2, 0.25) is 0 Å². The van der Waals surface area contributed by atoms with Gasteiger partial charge >= 0.3 is 0 Å². The number of nitrogens with zero attached hydrogens (tertiary/aromatic N) is 1. The minimum absolute atomic E-state index is 0.261. The molecule has 0 saturated carbocycles. The van der Waals surface area contributed by atoms with E-state index >= 15 is 0 Å². The highest BCUT2D eigenvalue weighted by atomic mass is 16.5. The number of hydrogen-bond donors (Lipinski definition) is 0. The van der Waals surface area contributed by atoms with Gasteiger partial charge in [0, 0.05) is 25.1 Å². The maximum atomic E-state index is 12.7. The predicted molar refractivity (Wildman–Crippen MR) is 90.6 cm³/mol. The number of aryl methyl sites for hydroxylation is 1. The third kappa shape index (κ3) is 3.70. The number of benzene rings is 1. The summed E-state index contributed by atoms with van der Waals surface area (Å²) in [6.07, 6.45) is 1.84. The Labute approximate surface area is 134 Å². The first-order valence-corrected chi connectivity index (χ1v) is 8.32. The molecule has 0 aliphatic carbocycles. The second-order valence-electron chi connectivity index (χ2n) is 6.84. The van der Waals surface area contributed by atoms with Gasteiger partial charge in [-0.25, -0.2) is 0 Å². The standard InChI is InChI=1S/C19H29NO2/c1-6-15-11-20(4)12-18(15)14(3)10-19(21)17-8-7-16(22-5)9-13(17)2/h7-9,14-15,18H,6,10-12H2,1-5H3/t14-,15+,18+/m1/s1. The molecule has 0 amide bonds. The van der Waals surface area contributed by atoms with Crippen LogP contribution in [0.15, 0.2) is 18.2 Å². The molecule has 0 radical (unpaired) electrons. The first-order chi connectivity index (χ1) is 10.5. The van der Waals surface area contributed by atoms with Crippen LogP contribution in [0.1, 0.15) is 42.6 Å². The largest absolute Gasteiger partial charge is 0.497 e. The Hall–Kier alpha value is -1.35. The smallest absolute Gasteiger partial charge is 0.163 e. The Morgan fingerprint density at radius 1 is 1.41 bits per heavy atom. The van der Waals surface area contributed by atoms with Crippen molar-refractivity contribution in [1.82, 2.24) is 4.90 Å². The lowest BCUT2D eigenvalue weighted by atomic mass is 9.80. The van der Waals surface area contributed by atoms with Crippen LogP contribution in [-0.4, -0.2) is 37.9 Å². The van der Waals surface area contributed by atoms with E-state index in [1.54, 1.807) is 7.11 Å². The van der Waals surface area contributed by atoms with Crippen LogP contribution in [0.2, 0.25) is 0 Å². The summed E-state index contributed by atoms with van der Waals surface area (Å²) in [5, 5.41) is 0. The zero-order chi connectivity index (χ0) is 16.3. The molecule has 1 aromatic rings. The molecule has 3 heteroatoms. The molecule has 0 spiro atoms. The zero-order valence-corrected chi connectivity index (χ0v) is 14.6. The molecule has 22 heavy (non-hydrogen) atoms. The van der Waals surface area contributed by atoms with Gasteiger partial charge in [-0.1, -0.05) is 20.3 Å². The van der Waals surface area contributed by atoms with Crippen LogP contribution in [0.3, 0.4) is 0 Å². The van der Waals surface area contributed by atoms with E-state index in [2.05, 4.69) is 25.8 Å². The van der Waals surface area contributed by atoms with Gasteiger partial charge in [0.05, 0.1) is 7.11 Å². The average molecular weight is 303 g/mol. The second-order valence-corrected chi connectivity index (χ2v) is 6.84. The highest BCUT2D eigenvalue weighted by molar-refractivity contribution is 5.97. The molecule has 1 aliphatic rings. The fraction of sp³-hybridized carbons (Fsp3) is 0.632. The predicted octanol–water partition coefficient (Wildman–Crippen LogP) is 3.80. The maximum absolute atomic E-state index is 12.7. The van der Waals surface area contributed by atoms with Gasteiger partial charge in [-0.15, -0.1) is 0 Å². The third-order valence-corrected chi connectivity index (χ3v) is 5.17. The topological polar surface area (TPSA) is 29.5 Å². The molecule has 1 fully saturated rings. The summed E-state index contributed by atoms with van der Waals surface area (Å²) in [6.45, 7) is 8.77. The van der Waals surface area contributed by atoms with Gasteiger partial charge in [0.15, 0.2) is 5.78 Å². The van der Waals surface area contributed by atoms with Gasteiger partial charge in [0.25, 0.3) is 0 Å². The molecule has 0 aromatic heterocycles. The maximum Gasteiger partial charge on any atom is 0.163 e. The summed E-state index contributed by atoms with van der Waals surface area (Å²) in [4.78, 5) is 15.1. The first kappa shape index (κ1) is 17.0. The van der Waals surface area contributed by atoms with Crippen molar-refractivity contribution < 1.29 is 9.53 Å². The van der Waals surface area contributed by atoms with E-state index in [4.69, 9.17) is 4.74 Å². The summed E-state index contributed by atoms with van der Waals surface area (Å²) in [5.41, 5.74) is 1.85. The summed E-state index contributed by atoms with van der Waals surface area (Å²) in [6, 6.07) is 5.72. The number of hydrogen-bond acceptors (Lipinski definition) is 3. The minimum atomic E-state index is 0.261. The number of Topliss-reactive ketones (excluding diaryl/α,β-unsaturated/α-hetero) is 1. The summed E-state index contributed by atoms with van der Waals surface area (Å²) in [7, 11) is 3.84. The third-order valence-electron chi connectivity index (χ3n) is 5.17. The van der Waals surface area contributed by atoms with Crippen molar-refractivity contribution in [2.75, 3.05) is 27.2 Å². The van der Waals surface area contributed by atoms with Crippen LogP contribution in [0.4, 0.5) is 0 Å². The number of rotatable bonds is 6. The van der Waals surface area contributed by atoms with Crippen LogP contribution < -0.4 is 4.74 Å². The quantitative estimate of drug-likeness (QED) is 0.749. The lowest BCUT2D eigenvalue weighted by Gasteiger charge is -2.24. The first-order valence-electron chi connectivity index (χ1n) is 8.32. The molecule has 1 aromatic carbocycles. The van der Waals surface area contributed by atoms with Crippen LogP contribution in [0, 0.1) is 24.7 Å². The number of likely N-dealkylation sites (tertiary alicyclic amines) is 1. The van der Waals surface area contributed by atoms with Crippen molar-refractivity contribution in [3.8, 4) is 5.75 Å². The Morgan fingerprint density at radius 3 is 2.73 bits per heavy atom. The molecule has 1 aliphatic heterocycles. The van der Waals surface area contributed by atoms with Gasteiger partial charge in [-0.05, 0) is 55.5 Å². The molecule has 0 unspecified atom stereocenters. The van der Waals surface area contributed by atoms with Crippen LogP contribution in [0.5, 0.6) is 5.75 Å². The highest BCUT2D eigenvalue weighted by Gasteiger charge is 2.34. The van der Waals surface area contributed by atoms with E-state index < -0.39 is 0 Å². The number of carbonyl (C=O) groups is 1. The SMILES string of the molecule is CC[C@H]1CN(C)C[C@H]1[C@H](C)CC(=O)c1ccc(OC)cc1C. The van der Waals surface area contributed by atoms with Crippen molar-refractivity contribution in [1.29, 1.82) is 0 Å². The normalized spacial score (nSPS) is 23.5. The van der Waals surface area contributed by atoms with Gasteiger partial charge in [-0.2, -0.15) is 0 Å². The molecule has 1 saturated heterocycles. The highest BCUT2D eigenvalue weighted by Crippen LogP contribution is 2.33. The van der Waals surface area contributed by atoms with Crippen LogP contribution in [0.25, 0.3) is 0 Å². The van der Waals surface area contributed by atoms with Crippen molar-refractivity contribution >= 4 is 5.78 Å². The molecule has 2 rings (SSSR count). The lowest BCUT2D eigenvalue weighted by Crippen LogP contribution is -2.23. The van der Waals surface area contributed by atoms with Gasteiger partial charge in [-0.3, -0.25) is 4.79 Å². The van der Waals surface area contributed by atoms with Crippen molar-refractivity contribution in [2.24, 2.45) is 17.8 Å². The average Bonchev–Trinajstić information content (AvgIpc) is 2.88. The van der Waals surface area contributed by atoms with Crippen molar-refractivity contribution in [2.45, 2.75) is 33.6 Å². The van der Waals surface area contributed by atoms with E-state index in [1.807, 2.05) is 25.1 Å². The molecular formula is C19H29NO2. The van der Waals surface area contributed by atoms with E-state index in [0.29, 0.717) is 18.3 Å². The number of ether oxygens (including phenoxy) is 1. The molecule has 0 N–H and O–H groups in total. The zero-order valence-electron chi connectivity index (χ0n) is 14.6. The molecule has 0 bridgehead atoms. The van der Waals surface area contributed by atoms with E-state index in [-0.39, 0.29) is 5.78 Å². The van der Waals surface area contributed by atoms with Crippen molar-refractivity contribution in [3.05, 3.63) is 29.3 Å². The van der Waals surface area contributed by atoms with E-state index in [1.165, 1.54) is 13.0 Å². The number of methoxy groups -OCH3 is 1. The number of carbonyl (C=O) groups excluding carboxylic acids is 1. The molecule has 3 atom stereocenters. The Balaban J connectivity index is 2.05. The molecular weight excluding hydrogens is 274 g/mol. The minimum Gasteiger partial charge on any atom is -0.497 e. The fourth-order valence-corrected chi connectivity index (χ4v) is 3.83. The molecule has 122 valence electrons.